The quantitative estimate of drug-likeness (QED) is 0.263. The van der Waals surface area contributed by atoms with Gasteiger partial charge < -0.3 is 15.7 Å². The number of amidine groups is 1. The van der Waals surface area contributed by atoms with Crippen LogP contribution in [-0.2, 0) is 4.74 Å². The Morgan fingerprint density at radius 1 is 1.80 bits per heavy atom. The van der Waals surface area contributed by atoms with E-state index in [0.29, 0.717) is 6.42 Å². The molecule has 4 heteroatoms. The maximum absolute atomic E-state index is 8.18. The molecule has 0 spiro atoms. The molecule has 60 valence electrons. The van der Waals surface area contributed by atoms with Crippen LogP contribution in [0.4, 0.5) is 0 Å². The monoisotopic (exact) mass is 146 g/mol. The summed E-state index contributed by atoms with van der Waals surface area (Å²) in [6.07, 6.45) is 1.42. The normalized spacial score (nSPS) is 15.2. The van der Waals surface area contributed by atoms with Crippen molar-refractivity contribution in [2.75, 3.05) is 7.11 Å². The van der Waals surface area contributed by atoms with E-state index in [2.05, 4.69) is 5.16 Å². The van der Waals surface area contributed by atoms with E-state index in [0.717, 1.165) is 6.42 Å². The summed E-state index contributed by atoms with van der Waals surface area (Å²) in [5.74, 6) is 0.216. The highest BCUT2D eigenvalue weighted by molar-refractivity contribution is 5.80. The number of ether oxygens (including phenoxy) is 1. The van der Waals surface area contributed by atoms with Gasteiger partial charge in [0.2, 0.25) is 0 Å². The molecule has 0 aliphatic heterocycles. The van der Waals surface area contributed by atoms with Crippen molar-refractivity contribution in [1.82, 2.24) is 0 Å². The van der Waals surface area contributed by atoms with E-state index >= 15 is 0 Å². The summed E-state index contributed by atoms with van der Waals surface area (Å²) in [5, 5.41) is 11.0. The van der Waals surface area contributed by atoms with Crippen molar-refractivity contribution in [3.05, 3.63) is 0 Å². The van der Waals surface area contributed by atoms with E-state index < -0.39 is 0 Å². The van der Waals surface area contributed by atoms with Crippen LogP contribution in [0, 0.1) is 0 Å². The number of hydrogen-bond donors (Lipinski definition) is 2. The van der Waals surface area contributed by atoms with Gasteiger partial charge in [0, 0.05) is 13.5 Å². The van der Waals surface area contributed by atoms with Gasteiger partial charge in [0.1, 0.15) is 5.84 Å². The summed E-state index contributed by atoms with van der Waals surface area (Å²) in [4.78, 5) is 0. The molecule has 0 saturated carbocycles. The first-order valence-corrected chi connectivity index (χ1v) is 3.23. The molecule has 10 heavy (non-hydrogen) atoms. The molecule has 4 nitrogen and oxygen atoms in total. The Balaban J connectivity index is 3.63. The first-order valence-electron chi connectivity index (χ1n) is 3.23. The lowest BCUT2D eigenvalue weighted by atomic mass is 10.2. The van der Waals surface area contributed by atoms with E-state index in [1.807, 2.05) is 6.92 Å². The standard InChI is InChI=1S/C6H14N2O2/c1-3-5(10-2)4-6(7)8-9/h5,9H,3-4H2,1-2H3,(H2,7,8). The summed E-state index contributed by atoms with van der Waals surface area (Å²) in [6, 6.07) is 0. The molecule has 1 unspecified atom stereocenters. The number of rotatable bonds is 4. The Morgan fingerprint density at radius 2 is 2.40 bits per heavy atom. The van der Waals surface area contributed by atoms with Crippen LogP contribution in [-0.4, -0.2) is 24.3 Å². The molecule has 0 heterocycles. The Labute approximate surface area is 60.7 Å². The minimum atomic E-state index is 0.0656. The fraction of sp³-hybridized carbons (Fsp3) is 0.833. The molecular weight excluding hydrogens is 132 g/mol. The first-order chi connectivity index (χ1) is 4.74. The molecule has 0 aromatic carbocycles. The third-order valence-corrected chi connectivity index (χ3v) is 1.35. The SMILES string of the molecule is CCC(C/C(N)=N/O)OC. The van der Waals surface area contributed by atoms with Crippen molar-refractivity contribution < 1.29 is 9.94 Å². The molecule has 0 fully saturated rings. The Kier molecular flexibility index (Phi) is 4.66. The van der Waals surface area contributed by atoms with Gasteiger partial charge in [0.15, 0.2) is 0 Å². The van der Waals surface area contributed by atoms with Crippen LogP contribution in [0.2, 0.25) is 0 Å². The topological polar surface area (TPSA) is 67.8 Å². The molecule has 3 N–H and O–H groups in total. The Hall–Kier alpha value is -0.770. The molecule has 0 aliphatic carbocycles. The Bertz CT molecular complexity index is 110. The van der Waals surface area contributed by atoms with Gasteiger partial charge in [-0.2, -0.15) is 0 Å². The summed E-state index contributed by atoms with van der Waals surface area (Å²) in [6.45, 7) is 1.98. The fourth-order valence-corrected chi connectivity index (χ4v) is 0.668. The molecular formula is C6H14N2O2. The highest BCUT2D eigenvalue weighted by Gasteiger charge is 2.05. The molecule has 0 amide bonds. The average Bonchev–Trinajstić information content (AvgIpc) is 1.99. The minimum absolute atomic E-state index is 0.0656. The van der Waals surface area contributed by atoms with Crippen molar-refractivity contribution in [2.24, 2.45) is 10.9 Å². The number of nitrogens with zero attached hydrogens (tertiary/aromatic N) is 1. The second kappa shape index (κ2) is 5.05. The molecule has 0 aliphatic rings. The predicted molar refractivity (Wildman–Crippen MR) is 39.1 cm³/mol. The maximum atomic E-state index is 8.18. The smallest absolute Gasteiger partial charge is 0.141 e. The van der Waals surface area contributed by atoms with Gasteiger partial charge in [-0.25, -0.2) is 0 Å². The Morgan fingerprint density at radius 3 is 2.70 bits per heavy atom. The summed E-state index contributed by atoms with van der Waals surface area (Å²) >= 11 is 0. The lowest BCUT2D eigenvalue weighted by Crippen LogP contribution is -2.21. The summed E-state index contributed by atoms with van der Waals surface area (Å²) in [7, 11) is 1.61. The van der Waals surface area contributed by atoms with Crippen molar-refractivity contribution in [3.63, 3.8) is 0 Å². The van der Waals surface area contributed by atoms with E-state index in [9.17, 15) is 0 Å². The third kappa shape index (κ3) is 3.29. The molecule has 0 radical (unpaired) electrons. The lowest BCUT2D eigenvalue weighted by molar-refractivity contribution is 0.104. The van der Waals surface area contributed by atoms with Gasteiger partial charge in [0.25, 0.3) is 0 Å². The van der Waals surface area contributed by atoms with Crippen LogP contribution in [0.5, 0.6) is 0 Å². The van der Waals surface area contributed by atoms with Crippen LogP contribution >= 0.6 is 0 Å². The minimum Gasteiger partial charge on any atom is -0.409 e. The third-order valence-electron chi connectivity index (χ3n) is 1.35. The zero-order valence-electron chi connectivity index (χ0n) is 6.37. The summed E-state index contributed by atoms with van der Waals surface area (Å²) < 4.78 is 5.00. The zero-order valence-corrected chi connectivity index (χ0v) is 6.37. The van der Waals surface area contributed by atoms with Gasteiger partial charge in [0.05, 0.1) is 6.10 Å². The lowest BCUT2D eigenvalue weighted by Gasteiger charge is -2.10. The van der Waals surface area contributed by atoms with Crippen molar-refractivity contribution in [1.29, 1.82) is 0 Å². The average molecular weight is 146 g/mol. The van der Waals surface area contributed by atoms with Gasteiger partial charge >= 0.3 is 0 Å². The largest absolute Gasteiger partial charge is 0.409 e. The van der Waals surface area contributed by atoms with E-state index in [-0.39, 0.29) is 11.9 Å². The van der Waals surface area contributed by atoms with Gasteiger partial charge in [-0.1, -0.05) is 12.1 Å². The number of nitrogens with two attached hydrogens (primary N) is 1. The predicted octanol–water partition coefficient (Wildman–Crippen LogP) is 0.548. The number of oxime groups is 1. The van der Waals surface area contributed by atoms with Crippen molar-refractivity contribution in [2.45, 2.75) is 25.9 Å². The van der Waals surface area contributed by atoms with E-state index in [1.54, 1.807) is 7.11 Å². The molecule has 1 atom stereocenters. The molecule has 0 rings (SSSR count). The van der Waals surface area contributed by atoms with Crippen LogP contribution in [0.25, 0.3) is 0 Å². The van der Waals surface area contributed by atoms with Crippen LogP contribution in [0.1, 0.15) is 19.8 Å². The zero-order chi connectivity index (χ0) is 7.98. The van der Waals surface area contributed by atoms with E-state index in [1.165, 1.54) is 0 Å². The van der Waals surface area contributed by atoms with Gasteiger partial charge in [-0.3, -0.25) is 0 Å². The molecule has 0 aromatic rings. The van der Waals surface area contributed by atoms with Crippen molar-refractivity contribution >= 4 is 5.84 Å². The van der Waals surface area contributed by atoms with Gasteiger partial charge in [-0.15, -0.1) is 0 Å². The first kappa shape index (κ1) is 9.23. The van der Waals surface area contributed by atoms with E-state index in [4.69, 9.17) is 15.7 Å². The molecule has 0 aromatic heterocycles. The number of methoxy groups -OCH3 is 1. The summed E-state index contributed by atoms with van der Waals surface area (Å²) in [5.41, 5.74) is 5.24. The molecule has 0 saturated heterocycles. The van der Waals surface area contributed by atoms with Gasteiger partial charge in [-0.05, 0) is 6.42 Å². The number of hydrogen-bond acceptors (Lipinski definition) is 3. The highest BCUT2D eigenvalue weighted by Crippen LogP contribution is 2.00. The second-order valence-corrected chi connectivity index (χ2v) is 2.06. The van der Waals surface area contributed by atoms with Crippen LogP contribution in [0.3, 0.4) is 0 Å². The van der Waals surface area contributed by atoms with Crippen LogP contribution < -0.4 is 5.73 Å². The highest BCUT2D eigenvalue weighted by atomic mass is 16.5. The van der Waals surface area contributed by atoms with Crippen molar-refractivity contribution in [3.8, 4) is 0 Å². The maximum Gasteiger partial charge on any atom is 0.141 e. The second-order valence-electron chi connectivity index (χ2n) is 2.06. The molecule has 0 bridgehead atoms. The van der Waals surface area contributed by atoms with Crippen LogP contribution in [0.15, 0.2) is 5.16 Å². The fourth-order valence-electron chi connectivity index (χ4n) is 0.668.